The van der Waals surface area contributed by atoms with Crippen LogP contribution in [0, 0.1) is 5.92 Å². The van der Waals surface area contributed by atoms with Gasteiger partial charge < -0.3 is 9.84 Å². The lowest BCUT2D eigenvalue weighted by Crippen LogP contribution is -2.54. The maximum Gasteiger partial charge on any atom is 0.422 e. The monoisotopic (exact) mass is 374 g/mol. The number of carbonyl (C=O) groups is 1. The molecule has 3 rings (SSSR count). The summed E-state index contributed by atoms with van der Waals surface area (Å²) in [6.07, 6.45) is -1.71. The van der Waals surface area contributed by atoms with Crippen LogP contribution in [0.4, 0.5) is 13.2 Å². The quantitative estimate of drug-likeness (QED) is 0.813. The molecule has 0 aliphatic heterocycles. The van der Waals surface area contributed by atoms with Gasteiger partial charge in [0.1, 0.15) is 5.92 Å². The van der Waals surface area contributed by atoms with Gasteiger partial charge in [-0.25, -0.2) is 0 Å². The van der Waals surface area contributed by atoms with Gasteiger partial charge in [-0.2, -0.15) is 13.2 Å². The molecule has 0 spiro atoms. The Kier molecular flexibility index (Phi) is 5.19. The van der Waals surface area contributed by atoms with Crippen LogP contribution in [-0.4, -0.2) is 22.9 Å². The summed E-state index contributed by atoms with van der Waals surface area (Å²) in [5.41, 5.74) is -1.37. The van der Waals surface area contributed by atoms with Gasteiger partial charge in [-0.1, -0.05) is 72.8 Å². The standard InChI is InChI=1S/C21H17F3O3/c22-21(23,24)20(27-14-15-7-3-1-4-8-15)12-11-17(13-18(20)19(25)26)16-9-5-2-6-10-16/h1-13,18H,14H2,(H,25,26). The number of carboxylic acid groups (broad SMARTS) is 1. The lowest BCUT2D eigenvalue weighted by molar-refractivity contribution is -0.274. The van der Waals surface area contributed by atoms with Crippen molar-refractivity contribution in [3.63, 3.8) is 0 Å². The fourth-order valence-electron chi connectivity index (χ4n) is 3.02. The van der Waals surface area contributed by atoms with Crippen LogP contribution in [0.5, 0.6) is 0 Å². The first-order valence-corrected chi connectivity index (χ1v) is 8.27. The van der Waals surface area contributed by atoms with E-state index in [9.17, 15) is 23.1 Å². The Morgan fingerprint density at radius 2 is 1.63 bits per heavy atom. The Labute approximate surface area is 154 Å². The third kappa shape index (κ3) is 3.80. The molecule has 0 radical (unpaired) electrons. The largest absolute Gasteiger partial charge is 0.481 e. The summed E-state index contributed by atoms with van der Waals surface area (Å²) in [4.78, 5) is 11.7. The van der Waals surface area contributed by atoms with Crippen molar-refractivity contribution in [2.75, 3.05) is 0 Å². The van der Waals surface area contributed by atoms with Crippen LogP contribution in [0.25, 0.3) is 5.57 Å². The van der Waals surface area contributed by atoms with Crippen LogP contribution in [0.2, 0.25) is 0 Å². The number of rotatable bonds is 5. The zero-order valence-electron chi connectivity index (χ0n) is 14.2. The normalized spacial score (nSPS) is 22.3. The first kappa shape index (κ1) is 18.9. The molecule has 2 aromatic rings. The van der Waals surface area contributed by atoms with Gasteiger partial charge in [0.2, 0.25) is 0 Å². The van der Waals surface area contributed by atoms with E-state index in [0.717, 1.165) is 12.2 Å². The second kappa shape index (κ2) is 7.40. The number of ether oxygens (including phenoxy) is 1. The van der Waals surface area contributed by atoms with E-state index < -0.39 is 23.7 Å². The maximum absolute atomic E-state index is 14.0. The van der Waals surface area contributed by atoms with Gasteiger partial charge in [0, 0.05) is 0 Å². The Morgan fingerprint density at radius 3 is 2.19 bits per heavy atom. The second-order valence-corrected chi connectivity index (χ2v) is 6.20. The number of alkyl halides is 3. The van der Waals surface area contributed by atoms with Crippen molar-refractivity contribution in [2.24, 2.45) is 5.92 Å². The van der Waals surface area contributed by atoms with Gasteiger partial charge in [0.05, 0.1) is 6.61 Å². The highest BCUT2D eigenvalue weighted by atomic mass is 19.4. The molecule has 1 aliphatic carbocycles. The zero-order chi connectivity index (χ0) is 19.5. The molecule has 0 fully saturated rings. The topological polar surface area (TPSA) is 46.5 Å². The van der Waals surface area contributed by atoms with Crippen LogP contribution < -0.4 is 0 Å². The first-order chi connectivity index (χ1) is 12.8. The van der Waals surface area contributed by atoms with Gasteiger partial charge in [-0.3, -0.25) is 4.79 Å². The molecule has 27 heavy (non-hydrogen) atoms. The van der Waals surface area contributed by atoms with Gasteiger partial charge in [0.15, 0.2) is 5.60 Å². The van der Waals surface area contributed by atoms with Crippen molar-refractivity contribution in [3.8, 4) is 0 Å². The number of hydrogen-bond donors (Lipinski definition) is 1. The summed E-state index contributed by atoms with van der Waals surface area (Å²) in [6, 6.07) is 17.0. The number of hydrogen-bond acceptors (Lipinski definition) is 2. The minimum atomic E-state index is -4.90. The highest BCUT2D eigenvalue weighted by Gasteiger charge is 2.62. The Morgan fingerprint density at radius 1 is 1.04 bits per heavy atom. The van der Waals surface area contributed by atoms with E-state index in [2.05, 4.69) is 0 Å². The molecule has 0 saturated carbocycles. The van der Waals surface area contributed by atoms with Gasteiger partial charge in [-0.15, -0.1) is 0 Å². The van der Waals surface area contributed by atoms with Crippen molar-refractivity contribution in [3.05, 3.63) is 90.0 Å². The molecule has 0 heterocycles. The number of aliphatic carboxylic acids is 1. The fraction of sp³-hybridized carbons (Fsp3) is 0.190. The summed E-state index contributed by atoms with van der Waals surface area (Å²) < 4.78 is 47.2. The summed E-state index contributed by atoms with van der Waals surface area (Å²) in [5, 5.41) is 9.54. The average molecular weight is 374 g/mol. The first-order valence-electron chi connectivity index (χ1n) is 8.27. The molecular formula is C21H17F3O3. The van der Waals surface area contributed by atoms with E-state index in [-0.39, 0.29) is 6.61 Å². The molecule has 0 amide bonds. The lowest BCUT2D eigenvalue weighted by atomic mass is 9.79. The van der Waals surface area contributed by atoms with E-state index >= 15 is 0 Å². The van der Waals surface area contributed by atoms with Crippen LogP contribution in [0.15, 0.2) is 78.9 Å². The molecule has 1 aliphatic rings. The van der Waals surface area contributed by atoms with Crippen molar-refractivity contribution in [1.29, 1.82) is 0 Å². The minimum Gasteiger partial charge on any atom is -0.481 e. The molecule has 1 N–H and O–H groups in total. The SMILES string of the molecule is O=C(O)C1C=C(c2ccccc2)C=CC1(OCc1ccccc1)C(F)(F)F. The number of halogens is 3. The highest BCUT2D eigenvalue weighted by molar-refractivity contribution is 5.84. The smallest absolute Gasteiger partial charge is 0.422 e. The van der Waals surface area contributed by atoms with Crippen LogP contribution in [0.1, 0.15) is 11.1 Å². The van der Waals surface area contributed by atoms with Crippen molar-refractivity contribution in [1.82, 2.24) is 0 Å². The molecule has 3 nitrogen and oxygen atoms in total. The predicted octanol–water partition coefficient (Wildman–Crippen LogP) is 4.86. The molecule has 0 saturated heterocycles. The summed E-state index contributed by atoms with van der Waals surface area (Å²) in [5.74, 6) is -3.50. The number of benzene rings is 2. The number of allylic oxidation sites excluding steroid dienone is 2. The van der Waals surface area contributed by atoms with E-state index in [4.69, 9.17) is 4.74 Å². The Hall–Kier alpha value is -2.86. The Balaban J connectivity index is 1.99. The fourth-order valence-corrected chi connectivity index (χ4v) is 3.02. The van der Waals surface area contributed by atoms with E-state index in [1.165, 1.54) is 6.08 Å². The summed E-state index contributed by atoms with van der Waals surface area (Å²) >= 11 is 0. The molecule has 2 aromatic carbocycles. The minimum absolute atomic E-state index is 0.358. The van der Waals surface area contributed by atoms with Crippen molar-refractivity contribution < 1.29 is 27.8 Å². The van der Waals surface area contributed by atoms with Gasteiger partial charge >= 0.3 is 12.1 Å². The maximum atomic E-state index is 14.0. The Bertz CT molecular complexity index is 857. The second-order valence-electron chi connectivity index (χ2n) is 6.20. The van der Waals surface area contributed by atoms with Crippen molar-refractivity contribution in [2.45, 2.75) is 18.4 Å². The van der Waals surface area contributed by atoms with E-state index in [1.807, 2.05) is 0 Å². The molecule has 140 valence electrons. The summed E-state index contributed by atoms with van der Waals surface area (Å²) in [7, 11) is 0. The molecule has 6 heteroatoms. The van der Waals surface area contributed by atoms with E-state index in [0.29, 0.717) is 16.7 Å². The average Bonchev–Trinajstić information content (AvgIpc) is 2.66. The van der Waals surface area contributed by atoms with Gasteiger partial charge in [-0.05, 0) is 22.8 Å². The summed E-state index contributed by atoms with van der Waals surface area (Å²) in [6.45, 7) is -0.358. The number of carboxylic acids is 1. The molecule has 0 bridgehead atoms. The molecular weight excluding hydrogens is 357 g/mol. The highest BCUT2D eigenvalue weighted by Crippen LogP contribution is 2.46. The molecule has 2 unspecified atom stereocenters. The van der Waals surface area contributed by atoms with Crippen LogP contribution in [0.3, 0.4) is 0 Å². The lowest BCUT2D eigenvalue weighted by Gasteiger charge is -2.38. The van der Waals surface area contributed by atoms with Crippen molar-refractivity contribution >= 4 is 11.5 Å². The van der Waals surface area contributed by atoms with Crippen LogP contribution >= 0.6 is 0 Å². The third-order valence-electron chi connectivity index (χ3n) is 4.46. The zero-order valence-corrected chi connectivity index (χ0v) is 14.2. The van der Waals surface area contributed by atoms with E-state index in [1.54, 1.807) is 60.7 Å². The predicted molar refractivity (Wildman–Crippen MR) is 94.7 cm³/mol. The molecule has 0 aromatic heterocycles. The van der Waals surface area contributed by atoms with Gasteiger partial charge in [0.25, 0.3) is 0 Å². The third-order valence-corrected chi connectivity index (χ3v) is 4.46. The van der Waals surface area contributed by atoms with Crippen LogP contribution in [-0.2, 0) is 16.1 Å². The molecule has 2 atom stereocenters.